The highest BCUT2D eigenvalue weighted by Gasteiger charge is 2.63. The summed E-state index contributed by atoms with van der Waals surface area (Å²) in [4.78, 5) is 14.4. The van der Waals surface area contributed by atoms with Crippen molar-refractivity contribution in [3.05, 3.63) is 36.0 Å². The second kappa shape index (κ2) is 3.13. The monoisotopic (exact) mass is 229 g/mol. The van der Waals surface area contributed by atoms with Crippen molar-refractivity contribution in [2.24, 2.45) is 11.3 Å². The third-order valence-corrected chi connectivity index (χ3v) is 4.05. The minimum atomic E-state index is -0.690. The number of H-pyrrole nitrogens is 1. The number of aromatic nitrogens is 1. The predicted molar refractivity (Wildman–Crippen MR) is 65.9 cm³/mol. The number of carboxylic acid groups (broad SMARTS) is 1. The molecular weight excluding hydrogens is 214 g/mol. The Bertz CT molecular complexity index is 597. The molecule has 3 heteroatoms. The first-order valence-corrected chi connectivity index (χ1v) is 5.82. The first kappa shape index (κ1) is 10.4. The number of carboxylic acids is 1. The Kier molecular flexibility index (Phi) is 1.91. The van der Waals surface area contributed by atoms with E-state index in [9.17, 15) is 9.90 Å². The van der Waals surface area contributed by atoms with Crippen LogP contribution >= 0.6 is 0 Å². The van der Waals surface area contributed by atoms with Crippen molar-refractivity contribution >= 4 is 16.9 Å². The van der Waals surface area contributed by atoms with Gasteiger partial charge in [-0.1, -0.05) is 32.0 Å². The molecule has 0 amide bonds. The van der Waals surface area contributed by atoms with Gasteiger partial charge in [-0.05, 0) is 17.0 Å². The molecule has 17 heavy (non-hydrogen) atoms. The molecule has 2 unspecified atom stereocenters. The Balaban J connectivity index is 2.09. The third kappa shape index (κ3) is 1.32. The molecule has 1 heterocycles. The van der Waals surface area contributed by atoms with Crippen molar-refractivity contribution in [3.8, 4) is 0 Å². The van der Waals surface area contributed by atoms with Crippen molar-refractivity contribution in [1.82, 2.24) is 4.98 Å². The van der Waals surface area contributed by atoms with E-state index in [2.05, 4.69) is 11.1 Å². The van der Waals surface area contributed by atoms with Gasteiger partial charge in [-0.25, -0.2) is 0 Å². The van der Waals surface area contributed by atoms with Crippen LogP contribution in [0.3, 0.4) is 0 Å². The summed E-state index contributed by atoms with van der Waals surface area (Å²) in [5.41, 5.74) is 2.07. The Morgan fingerprint density at radius 2 is 2.06 bits per heavy atom. The molecule has 2 N–H and O–H groups in total. The average molecular weight is 229 g/mol. The minimum Gasteiger partial charge on any atom is -0.481 e. The quantitative estimate of drug-likeness (QED) is 0.831. The Morgan fingerprint density at radius 1 is 1.35 bits per heavy atom. The van der Waals surface area contributed by atoms with Gasteiger partial charge in [-0.15, -0.1) is 0 Å². The van der Waals surface area contributed by atoms with Crippen LogP contribution in [-0.2, 0) is 4.79 Å². The summed E-state index contributed by atoms with van der Waals surface area (Å²) in [5, 5.41) is 10.4. The number of aromatic amines is 1. The van der Waals surface area contributed by atoms with E-state index in [-0.39, 0.29) is 17.3 Å². The molecule has 0 spiro atoms. The number of para-hydroxylation sites is 1. The number of aliphatic carboxylic acids is 1. The van der Waals surface area contributed by atoms with Gasteiger partial charge in [0.15, 0.2) is 0 Å². The van der Waals surface area contributed by atoms with Gasteiger partial charge < -0.3 is 10.1 Å². The molecule has 1 aliphatic carbocycles. The number of fused-ring (bicyclic) bond motifs is 1. The van der Waals surface area contributed by atoms with Crippen LogP contribution in [0.2, 0.25) is 0 Å². The van der Waals surface area contributed by atoms with Crippen LogP contribution in [-0.4, -0.2) is 16.1 Å². The summed E-state index contributed by atoms with van der Waals surface area (Å²) in [5.74, 6) is -0.830. The molecule has 1 fully saturated rings. The van der Waals surface area contributed by atoms with Crippen LogP contribution in [0.5, 0.6) is 0 Å². The molecule has 1 saturated carbocycles. The maximum absolute atomic E-state index is 11.2. The van der Waals surface area contributed by atoms with Crippen molar-refractivity contribution in [3.63, 3.8) is 0 Å². The SMILES string of the molecule is CC1(C)C(C(=O)O)C1c1c[nH]c2ccccc12. The van der Waals surface area contributed by atoms with Gasteiger partial charge in [0.05, 0.1) is 5.92 Å². The predicted octanol–water partition coefficient (Wildman–Crippen LogP) is 2.99. The lowest BCUT2D eigenvalue weighted by Crippen LogP contribution is -2.03. The van der Waals surface area contributed by atoms with Crippen molar-refractivity contribution in [2.75, 3.05) is 0 Å². The molecule has 0 bridgehead atoms. The Hall–Kier alpha value is -1.77. The number of hydrogen-bond donors (Lipinski definition) is 2. The molecule has 3 rings (SSSR count). The van der Waals surface area contributed by atoms with Crippen molar-refractivity contribution in [1.29, 1.82) is 0 Å². The average Bonchev–Trinajstić information content (AvgIpc) is 2.68. The highest BCUT2D eigenvalue weighted by Crippen LogP contribution is 2.65. The van der Waals surface area contributed by atoms with E-state index in [0.717, 1.165) is 16.5 Å². The van der Waals surface area contributed by atoms with Gasteiger partial charge in [0, 0.05) is 23.0 Å². The zero-order chi connectivity index (χ0) is 12.2. The number of benzene rings is 1. The van der Waals surface area contributed by atoms with Gasteiger partial charge in [-0.2, -0.15) is 0 Å². The van der Waals surface area contributed by atoms with Crippen LogP contribution < -0.4 is 0 Å². The summed E-state index contributed by atoms with van der Waals surface area (Å²) in [6.07, 6.45) is 1.96. The van der Waals surface area contributed by atoms with E-state index < -0.39 is 5.97 Å². The molecule has 88 valence electrons. The molecule has 3 nitrogen and oxygen atoms in total. The first-order chi connectivity index (χ1) is 8.03. The second-order valence-corrected chi connectivity index (χ2v) is 5.40. The third-order valence-electron chi connectivity index (χ3n) is 4.05. The number of hydrogen-bond acceptors (Lipinski definition) is 1. The number of carbonyl (C=O) groups is 1. The fraction of sp³-hybridized carbons (Fsp3) is 0.357. The zero-order valence-electron chi connectivity index (χ0n) is 9.90. The topological polar surface area (TPSA) is 53.1 Å². The van der Waals surface area contributed by atoms with Crippen molar-refractivity contribution in [2.45, 2.75) is 19.8 Å². The van der Waals surface area contributed by atoms with E-state index in [0.29, 0.717) is 0 Å². The van der Waals surface area contributed by atoms with E-state index in [1.54, 1.807) is 0 Å². The molecule has 0 aliphatic heterocycles. The fourth-order valence-electron chi connectivity index (χ4n) is 3.03. The van der Waals surface area contributed by atoms with Crippen LogP contribution in [0, 0.1) is 11.3 Å². The standard InChI is InChI=1S/C14H15NO2/c1-14(2)11(12(14)13(16)17)9-7-15-10-6-4-3-5-8(9)10/h3-7,11-12,15H,1-2H3,(H,16,17). The van der Waals surface area contributed by atoms with Crippen LogP contribution in [0.25, 0.3) is 10.9 Å². The zero-order valence-corrected chi connectivity index (χ0v) is 9.90. The van der Waals surface area contributed by atoms with Gasteiger partial charge >= 0.3 is 5.97 Å². The molecule has 1 aromatic heterocycles. The normalized spacial score (nSPS) is 26.0. The number of rotatable bonds is 2. The fourth-order valence-corrected chi connectivity index (χ4v) is 3.03. The molecular formula is C14H15NO2. The minimum absolute atomic E-state index is 0.121. The lowest BCUT2D eigenvalue weighted by molar-refractivity contribution is -0.139. The van der Waals surface area contributed by atoms with Gasteiger partial charge in [0.25, 0.3) is 0 Å². The van der Waals surface area contributed by atoms with E-state index in [4.69, 9.17) is 0 Å². The molecule has 1 aromatic carbocycles. The van der Waals surface area contributed by atoms with Gasteiger partial charge in [0.2, 0.25) is 0 Å². The first-order valence-electron chi connectivity index (χ1n) is 5.82. The maximum Gasteiger partial charge on any atom is 0.307 e. The van der Waals surface area contributed by atoms with Crippen LogP contribution in [0.4, 0.5) is 0 Å². The van der Waals surface area contributed by atoms with Gasteiger partial charge in [-0.3, -0.25) is 4.79 Å². The Morgan fingerprint density at radius 3 is 2.71 bits per heavy atom. The lowest BCUT2D eigenvalue weighted by Gasteiger charge is -2.00. The van der Waals surface area contributed by atoms with Crippen LogP contribution in [0.15, 0.2) is 30.5 Å². The summed E-state index contributed by atoms with van der Waals surface area (Å²) in [6, 6.07) is 8.04. The molecule has 1 aliphatic rings. The van der Waals surface area contributed by atoms with Gasteiger partial charge in [0.1, 0.15) is 0 Å². The lowest BCUT2D eigenvalue weighted by atomic mass is 10.0. The molecule has 0 saturated heterocycles. The largest absolute Gasteiger partial charge is 0.481 e. The second-order valence-electron chi connectivity index (χ2n) is 5.40. The van der Waals surface area contributed by atoms with Crippen LogP contribution in [0.1, 0.15) is 25.3 Å². The molecule has 0 radical (unpaired) electrons. The summed E-state index contributed by atoms with van der Waals surface area (Å²) in [6.45, 7) is 4.05. The maximum atomic E-state index is 11.2. The summed E-state index contributed by atoms with van der Waals surface area (Å²) >= 11 is 0. The Labute approximate surface area is 99.5 Å². The molecule has 2 aromatic rings. The highest BCUT2D eigenvalue weighted by molar-refractivity contribution is 5.87. The van der Waals surface area contributed by atoms with E-state index >= 15 is 0 Å². The van der Waals surface area contributed by atoms with E-state index in [1.807, 2.05) is 38.2 Å². The van der Waals surface area contributed by atoms with E-state index in [1.165, 1.54) is 0 Å². The summed E-state index contributed by atoms with van der Waals surface area (Å²) < 4.78 is 0. The summed E-state index contributed by atoms with van der Waals surface area (Å²) in [7, 11) is 0. The molecule has 2 atom stereocenters. The highest BCUT2D eigenvalue weighted by atomic mass is 16.4. The van der Waals surface area contributed by atoms with Crippen molar-refractivity contribution < 1.29 is 9.90 Å². The number of nitrogens with one attached hydrogen (secondary N) is 1. The smallest absolute Gasteiger partial charge is 0.307 e.